The molecule has 2 nitrogen and oxygen atoms in total. The Kier molecular flexibility index (Phi) is 2.70. The SMILES string of the molecule is CC(C)(C)NP1(=O)c2ccccc2-c2ccccc21. The minimum atomic E-state index is -2.72. The van der Waals surface area contributed by atoms with Gasteiger partial charge in [0.25, 0.3) is 0 Å². The van der Waals surface area contributed by atoms with Gasteiger partial charge in [-0.3, -0.25) is 9.65 Å². The van der Waals surface area contributed by atoms with Crippen LogP contribution >= 0.6 is 7.29 Å². The lowest BCUT2D eigenvalue weighted by atomic mass is 10.1. The van der Waals surface area contributed by atoms with Crippen LogP contribution < -0.4 is 15.7 Å². The molecule has 2 aromatic rings. The number of fused-ring (bicyclic) bond motifs is 3. The molecule has 1 N–H and O–H groups in total. The molecule has 0 saturated carbocycles. The summed E-state index contributed by atoms with van der Waals surface area (Å²) in [6, 6.07) is 16.0. The van der Waals surface area contributed by atoms with Crippen LogP contribution in [0, 0.1) is 0 Å². The summed E-state index contributed by atoms with van der Waals surface area (Å²) in [5.74, 6) is 0. The van der Waals surface area contributed by atoms with Gasteiger partial charge in [0, 0.05) is 16.1 Å². The first kappa shape index (κ1) is 12.7. The lowest BCUT2D eigenvalue weighted by Gasteiger charge is -2.27. The number of hydrogen-bond donors (Lipinski definition) is 1. The van der Waals surface area contributed by atoms with E-state index in [0.29, 0.717) is 0 Å². The van der Waals surface area contributed by atoms with Gasteiger partial charge in [0.1, 0.15) is 0 Å². The second-order valence-corrected chi connectivity index (χ2v) is 8.41. The molecule has 1 aliphatic rings. The molecule has 1 heterocycles. The van der Waals surface area contributed by atoms with Gasteiger partial charge in [-0.2, -0.15) is 0 Å². The molecule has 0 fully saturated rings. The van der Waals surface area contributed by atoms with E-state index in [9.17, 15) is 4.57 Å². The third kappa shape index (κ3) is 1.96. The minimum absolute atomic E-state index is 0.194. The van der Waals surface area contributed by atoms with Crippen molar-refractivity contribution in [3.8, 4) is 11.1 Å². The van der Waals surface area contributed by atoms with Gasteiger partial charge in [-0.15, -0.1) is 0 Å². The highest BCUT2D eigenvalue weighted by Gasteiger charge is 2.40. The van der Waals surface area contributed by atoms with Crippen LogP contribution in [0.4, 0.5) is 0 Å². The normalized spacial score (nSPS) is 15.9. The Morgan fingerprint density at radius 2 is 1.26 bits per heavy atom. The molecule has 0 spiro atoms. The molecule has 0 aliphatic carbocycles. The molecule has 0 amide bonds. The number of hydrogen-bond acceptors (Lipinski definition) is 1. The molecule has 98 valence electrons. The fourth-order valence-corrected chi connectivity index (χ4v) is 5.78. The van der Waals surface area contributed by atoms with E-state index in [-0.39, 0.29) is 5.54 Å². The van der Waals surface area contributed by atoms with Crippen molar-refractivity contribution in [3.63, 3.8) is 0 Å². The number of rotatable bonds is 1. The van der Waals surface area contributed by atoms with E-state index in [2.05, 4.69) is 38.0 Å². The van der Waals surface area contributed by atoms with Crippen LogP contribution in [0.3, 0.4) is 0 Å². The van der Waals surface area contributed by atoms with Crippen molar-refractivity contribution in [2.45, 2.75) is 26.3 Å². The second-order valence-electron chi connectivity index (χ2n) is 6.01. The van der Waals surface area contributed by atoms with Crippen LogP contribution in [0.25, 0.3) is 11.1 Å². The zero-order chi connectivity index (χ0) is 13.7. The predicted octanol–water partition coefficient (Wildman–Crippen LogP) is 3.28. The largest absolute Gasteiger partial charge is 0.296 e. The average Bonchev–Trinajstić information content (AvgIpc) is 2.59. The third-order valence-corrected chi connectivity index (χ3v) is 6.39. The fraction of sp³-hybridized carbons (Fsp3) is 0.250. The molecule has 19 heavy (non-hydrogen) atoms. The molecule has 0 unspecified atom stereocenters. The molecule has 0 bridgehead atoms. The van der Waals surface area contributed by atoms with Gasteiger partial charge < -0.3 is 0 Å². The molecule has 0 atom stereocenters. The first-order chi connectivity index (χ1) is 8.92. The quantitative estimate of drug-likeness (QED) is 0.806. The van der Waals surface area contributed by atoms with E-state index >= 15 is 0 Å². The minimum Gasteiger partial charge on any atom is -0.296 e. The Bertz CT molecular complexity index is 636. The molecular formula is C16H18NOP. The smallest absolute Gasteiger partial charge is 0.206 e. The summed E-state index contributed by atoms with van der Waals surface area (Å²) in [7, 11) is -2.72. The predicted molar refractivity (Wildman–Crippen MR) is 81.6 cm³/mol. The number of benzene rings is 2. The monoisotopic (exact) mass is 271 g/mol. The lowest BCUT2D eigenvalue weighted by Crippen LogP contribution is -2.38. The molecule has 3 rings (SSSR count). The van der Waals surface area contributed by atoms with Crippen molar-refractivity contribution in [1.82, 2.24) is 5.09 Å². The molecule has 1 aliphatic heterocycles. The standard InChI is InChI=1S/C16H18NOP/c1-16(2,3)17-19(18)14-10-6-4-8-12(14)13-9-5-7-11-15(13)19/h4-11H,1-3H3,(H,17,18). The summed E-state index contributed by atoms with van der Waals surface area (Å²) in [6.45, 7) is 6.16. The zero-order valence-electron chi connectivity index (χ0n) is 11.5. The van der Waals surface area contributed by atoms with Crippen molar-refractivity contribution in [2.24, 2.45) is 0 Å². The Balaban J connectivity index is 2.29. The van der Waals surface area contributed by atoms with E-state index in [1.807, 2.05) is 36.4 Å². The summed E-state index contributed by atoms with van der Waals surface area (Å²) in [5, 5.41) is 5.23. The van der Waals surface area contributed by atoms with Gasteiger partial charge in [0.05, 0.1) is 0 Å². The first-order valence-corrected chi connectivity index (χ1v) is 8.21. The van der Waals surface area contributed by atoms with Crippen LogP contribution in [-0.2, 0) is 4.57 Å². The average molecular weight is 271 g/mol. The molecule has 0 radical (unpaired) electrons. The van der Waals surface area contributed by atoms with E-state index < -0.39 is 7.29 Å². The Morgan fingerprint density at radius 1 is 0.842 bits per heavy atom. The topological polar surface area (TPSA) is 29.1 Å². The van der Waals surface area contributed by atoms with Gasteiger partial charge in [0.2, 0.25) is 7.29 Å². The zero-order valence-corrected chi connectivity index (χ0v) is 12.4. The molecular weight excluding hydrogens is 253 g/mol. The van der Waals surface area contributed by atoms with Crippen LogP contribution in [0.2, 0.25) is 0 Å². The van der Waals surface area contributed by atoms with E-state index in [4.69, 9.17) is 0 Å². The second kappa shape index (κ2) is 4.06. The van der Waals surface area contributed by atoms with Gasteiger partial charge >= 0.3 is 0 Å². The number of nitrogens with one attached hydrogen (secondary N) is 1. The summed E-state index contributed by atoms with van der Waals surface area (Å²) in [6.07, 6.45) is 0. The molecule has 3 heteroatoms. The fourth-order valence-electron chi connectivity index (χ4n) is 2.67. The van der Waals surface area contributed by atoms with Crippen molar-refractivity contribution in [1.29, 1.82) is 0 Å². The van der Waals surface area contributed by atoms with Crippen molar-refractivity contribution >= 4 is 17.9 Å². The van der Waals surface area contributed by atoms with Crippen LogP contribution in [-0.4, -0.2) is 5.54 Å². The van der Waals surface area contributed by atoms with Crippen LogP contribution in [0.15, 0.2) is 48.5 Å². The summed E-state index contributed by atoms with van der Waals surface area (Å²) >= 11 is 0. The molecule has 0 aromatic heterocycles. The van der Waals surface area contributed by atoms with Crippen LogP contribution in [0.5, 0.6) is 0 Å². The maximum atomic E-state index is 13.6. The van der Waals surface area contributed by atoms with Gasteiger partial charge in [-0.05, 0) is 44.0 Å². The molecule has 2 aromatic carbocycles. The summed E-state index contributed by atoms with van der Waals surface area (Å²) in [5.41, 5.74) is 2.00. The maximum absolute atomic E-state index is 13.6. The van der Waals surface area contributed by atoms with Gasteiger partial charge in [-0.1, -0.05) is 36.4 Å². The van der Waals surface area contributed by atoms with Crippen molar-refractivity contribution in [2.75, 3.05) is 0 Å². The van der Waals surface area contributed by atoms with E-state index in [0.717, 1.165) is 21.7 Å². The third-order valence-electron chi connectivity index (χ3n) is 3.27. The van der Waals surface area contributed by atoms with Crippen molar-refractivity contribution in [3.05, 3.63) is 48.5 Å². The lowest BCUT2D eigenvalue weighted by molar-refractivity contribution is 0.500. The highest BCUT2D eigenvalue weighted by atomic mass is 31.2. The van der Waals surface area contributed by atoms with E-state index in [1.54, 1.807) is 0 Å². The van der Waals surface area contributed by atoms with Crippen molar-refractivity contribution < 1.29 is 4.57 Å². The molecule has 0 saturated heterocycles. The van der Waals surface area contributed by atoms with E-state index in [1.165, 1.54) is 0 Å². The Labute approximate surface area is 114 Å². The summed E-state index contributed by atoms with van der Waals surface area (Å²) in [4.78, 5) is 0. The van der Waals surface area contributed by atoms with Gasteiger partial charge in [0.15, 0.2) is 0 Å². The first-order valence-electron chi connectivity index (χ1n) is 6.51. The Morgan fingerprint density at radius 3 is 1.68 bits per heavy atom. The maximum Gasteiger partial charge on any atom is 0.206 e. The van der Waals surface area contributed by atoms with Crippen LogP contribution in [0.1, 0.15) is 20.8 Å². The summed E-state index contributed by atoms with van der Waals surface area (Å²) < 4.78 is 13.6. The highest BCUT2D eigenvalue weighted by Crippen LogP contribution is 2.50. The Hall–Kier alpha value is -1.37. The highest BCUT2D eigenvalue weighted by molar-refractivity contribution is 7.78. The van der Waals surface area contributed by atoms with Gasteiger partial charge in [-0.25, -0.2) is 0 Å².